The van der Waals surface area contributed by atoms with Gasteiger partial charge in [-0.2, -0.15) is 0 Å². The number of ether oxygens (including phenoxy) is 1. The number of hydrogen-bond donors (Lipinski definition) is 1. The van der Waals surface area contributed by atoms with Crippen molar-refractivity contribution in [1.82, 2.24) is 5.32 Å². The summed E-state index contributed by atoms with van der Waals surface area (Å²) in [5, 5.41) is 7.26. The molecule has 3 aromatic rings. The summed E-state index contributed by atoms with van der Waals surface area (Å²) in [5.41, 5.74) is 1.05. The molecule has 1 N–H and O–H groups in total. The Hall–Kier alpha value is -2.88. The minimum atomic E-state index is -0.713. The van der Waals surface area contributed by atoms with Crippen molar-refractivity contribution in [2.24, 2.45) is 5.92 Å². The lowest BCUT2D eigenvalue weighted by atomic mass is 9.92. The lowest BCUT2D eigenvalue weighted by Gasteiger charge is -2.20. The van der Waals surface area contributed by atoms with E-state index >= 15 is 0 Å². The quantitative estimate of drug-likeness (QED) is 0.526. The molecule has 0 saturated heterocycles. The van der Waals surface area contributed by atoms with Crippen LogP contribution in [0.25, 0.3) is 21.5 Å². The van der Waals surface area contributed by atoms with Gasteiger partial charge in [-0.25, -0.2) is 4.79 Å². The predicted octanol–water partition coefficient (Wildman–Crippen LogP) is 4.24. The number of amides is 1. The molecule has 0 radical (unpaired) electrons. The molecule has 140 valence electrons. The summed E-state index contributed by atoms with van der Waals surface area (Å²) < 4.78 is 4.96. The van der Waals surface area contributed by atoms with Crippen molar-refractivity contribution >= 4 is 33.4 Å². The highest BCUT2D eigenvalue weighted by Gasteiger charge is 2.24. The normalized spacial score (nSPS) is 12.3. The van der Waals surface area contributed by atoms with Crippen LogP contribution in [-0.2, 0) is 20.7 Å². The van der Waals surface area contributed by atoms with Crippen molar-refractivity contribution in [3.63, 3.8) is 0 Å². The first-order valence-electron chi connectivity index (χ1n) is 9.26. The van der Waals surface area contributed by atoms with E-state index in [1.54, 1.807) is 0 Å². The largest absolute Gasteiger partial charge is 0.467 e. The van der Waals surface area contributed by atoms with Gasteiger partial charge in [-0.05, 0) is 39.1 Å². The highest BCUT2D eigenvalue weighted by molar-refractivity contribution is 6.02. The fourth-order valence-corrected chi connectivity index (χ4v) is 3.49. The molecule has 1 atom stereocenters. The summed E-state index contributed by atoms with van der Waals surface area (Å²) in [6, 6.07) is 17.7. The summed E-state index contributed by atoms with van der Waals surface area (Å²) >= 11 is 0. The third-order valence-corrected chi connectivity index (χ3v) is 4.71. The number of hydrogen-bond acceptors (Lipinski definition) is 3. The Labute approximate surface area is 159 Å². The number of methoxy groups -OCH3 is 1. The molecule has 1 amide bonds. The molecule has 3 aromatic carbocycles. The average Bonchev–Trinajstić information content (AvgIpc) is 2.65. The predicted molar refractivity (Wildman–Crippen MR) is 109 cm³/mol. The van der Waals surface area contributed by atoms with Gasteiger partial charge in [0, 0.05) is 12.8 Å². The first-order chi connectivity index (χ1) is 13.0. The maximum atomic E-state index is 12.4. The smallest absolute Gasteiger partial charge is 0.328 e. The fraction of sp³-hybridized carbons (Fsp3) is 0.304. The van der Waals surface area contributed by atoms with Crippen molar-refractivity contribution in [1.29, 1.82) is 0 Å². The van der Waals surface area contributed by atoms with Crippen LogP contribution in [0.1, 0.15) is 25.8 Å². The summed E-state index contributed by atoms with van der Waals surface area (Å²) in [7, 11) is 1.35. The summed E-state index contributed by atoms with van der Waals surface area (Å²) in [4.78, 5) is 24.7. The molecule has 4 nitrogen and oxygen atoms in total. The van der Waals surface area contributed by atoms with Crippen LogP contribution in [0.5, 0.6) is 0 Å². The van der Waals surface area contributed by atoms with Crippen molar-refractivity contribution in [2.45, 2.75) is 32.7 Å². The second-order valence-corrected chi connectivity index (χ2v) is 7.24. The highest BCUT2D eigenvalue weighted by atomic mass is 16.5. The van der Waals surface area contributed by atoms with Crippen LogP contribution in [-0.4, -0.2) is 25.0 Å². The zero-order chi connectivity index (χ0) is 19.4. The third-order valence-electron chi connectivity index (χ3n) is 4.71. The molecule has 0 aliphatic heterocycles. The zero-order valence-electron chi connectivity index (χ0n) is 16.0. The number of nitrogens with one attached hydrogen (secondary N) is 1. The average molecular weight is 363 g/mol. The molecule has 0 aliphatic rings. The molecule has 0 fully saturated rings. The minimum absolute atomic E-state index is 0.134. The van der Waals surface area contributed by atoms with Gasteiger partial charge in [0.1, 0.15) is 6.04 Å². The molecular weight excluding hydrogens is 338 g/mol. The molecule has 0 unspecified atom stereocenters. The van der Waals surface area contributed by atoms with Crippen molar-refractivity contribution in [3.8, 4) is 0 Å². The van der Waals surface area contributed by atoms with Crippen LogP contribution >= 0.6 is 0 Å². The summed E-state index contributed by atoms with van der Waals surface area (Å²) in [5.74, 6) is -0.337. The monoisotopic (exact) mass is 363 g/mol. The van der Waals surface area contributed by atoms with Crippen molar-refractivity contribution < 1.29 is 14.3 Å². The van der Waals surface area contributed by atoms with Gasteiger partial charge >= 0.3 is 5.97 Å². The molecular formula is C23H25NO3. The Morgan fingerprint density at radius 2 is 1.52 bits per heavy atom. The minimum Gasteiger partial charge on any atom is -0.467 e. The van der Waals surface area contributed by atoms with Gasteiger partial charge in [0.05, 0.1) is 7.11 Å². The number of esters is 1. The van der Waals surface area contributed by atoms with E-state index in [1.165, 1.54) is 7.11 Å². The van der Waals surface area contributed by atoms with E-state index in [9.17, 15) is 9.59 Å². The topological polar surface area (TPSA) is 55.4 Å². The second-order valence-electron chi connectivity index (χ2n) is 7.24. The number of fused-ring (bicyclic) bond motifs is 2. The number of benzene rings is 3. The second kappa shape index (κ2) is 8.21. The Kier molecular flexibility index (Phi) is 5.75. The van der Waals surface area contributed by atoms with Crippen molar-refractivity contribution in [2.75, 3.05) is 7.11 Å². The molecule has 0 heterocycles. The van der Waals surface area contributed by atoms with E-state index in [2.05, 4.69) is 35.6 Å². The van der Waals surface area contributed by atoms with E-state index in [1.807, 2.05) is 38.1 Å². The van der Waals surface area contributed by atoms with Gasteiger partial charge in [0.2, 0.25) is 5.91 Å². The Bertz CT molecular complexity index is 924. The molecule has 0 bridgehead atoms. The third kappa shape index (κ3) is 4.27. The fourth-order valence-electron chi connectivity index (χ4n) is 3.49. The highest BCUT2D eigenvalue weighted by Crippen LogP contribution is 2.29. The molecule has 0 aliphatic carbocycles. The van der Waals surface area contributed by atoms with E-state index in [0.29, 0.717) is 12.8 Å². The molecule has 3 rings (SSSR count). The molecule has 27 heavy (non-hydrogen) atoms. The van der Waals surface area contributed by atoms with Crippen LogP contribution in [0.3, 0.4) is 0 Å². The Morgan fingerprint density at radius 3 is 2.04 bits per heavy atom. The van der Waals surface area contributed by atoms with E-state index in [0.717, 1.165) is 27.1 Å². The number of rotatable bonds is 6. The first kappa shape index (κ1) is 18.9. The van der Waals surface area contributed by atoms with Crippen LogP contribution in [0.2, 0.25) is 0 Å². The van der Waals surface area contributed by atoms with Crippen LogP contribution in [0.15, 0.2) is 54.6 Å². The van der Waals surface area contributed by atoms with Gasteiger partial charge in [-0.15, -0.1) is 0 Å². The summed E-state index contributed by atoms with van der Waals surface area (Å²) in [6.45, 7) is 3.95. The molecule has 0 spiro atoms. The standard InChI is InChI=1S/C23H25NO3/c1-15(2)12-22(25)24-21(23(26)27-3)14-20-18-10-6-4-8-16(18)13-17-9-5-7-11-19(17)20/h4-11,13,15,21H,12,14H2,1-3H3,(H,24,25)/t21-/m1/s1. The van der Waals surface area contributed by atoms with Crippen LogP contribution in [0, 0.1) is 5.92 Å². The van der Waals surface area contributed by atoms with Crippen LogP contribution in [0.4, 0.5) is 0 Å². The zero-order valence-corrected chi connectivity index (χ0v) is 16.0. The Balaban J connectivity index is 2.05. The lowest BCUT2D eigenvalue weighted by Crippen LogP contribution is -2.43. The van der Waals surface area contributed by atoms with Crippen molar-refractivity contribution in [3.05, 3.63) is 60.2 Å². The number of carbonyl (C=O) groups excluding carboxylic acids is 2. The van der Waals surface area contributed by atoms with E-state index in [-0.39, 0.29) is 11.8 Å². The summed E-state index contributed by atoms with van der Waals surface area (Å²) in [6.07, 6.45) is 0.766. The maximum absolute atomic E-state index is 12.4. The Morgan fingerprint density at radius 1 is 0.963 bits per heavy atom. The first-order valence-corrected chi connectivity index (χ1v) is 9.26. The van der Waals surface area contributed by atoms with Gasteiger partial charge in [-0.3, -0.25) is 4.79 Å². The van der Waals surface area contributed by atoms with Gasteiger partial charge < -0.3 is 10.1 Å². The maximum Gasteiger partial charge on any atom is 0.328 e. The molecule has 0 aromatic heterocycles. The number of carbonyl (C=O) groups is 2. The SMILES string of the molecule is COC(=O)[C@@H](Cc1c2ccccc2cc2ccccc12)NC(=O)CC(C)C. The van der Waals surface area contributed by atoms with Gasteiger partial charge in [0.25, 0.3) is 0 Å². The van der Waals surface area contributed by atoms with Gasteiger partial charge in [-0.1, -0.05) is 62.4 Å². The van der Waals surface area contributed by atoms with Gasteiger partial charge in [0.15, 0.2) is 0 Å². The van der Waals surface area contributed by atoms with E-state index < -0.39 is 12.0 Å². The van der Waals surface area contributed by atoms with E-state index in [4.69, 9.17) is 4.74 Å². The lowest BCUT2D eigenvalue weighted by molar-refractivity contribution is -0.145. The molecule has 4 heteroatoms. The van der Waals surface area contributed by atoms with Crippen LogP contribution < -0.4 is 5.32 Å². The molecule has 0 saturated carbocycles.